The molecular weight excluding hydrogens is 336 g/mol. The predicted molar refractivity (Wildman–Crippen MR) is 108 cm³/mol. The van der Waals surface area contributed by atoms with Crippen molar-refractivity contribution >= 4 is 27.8 Å². The molecule has 0 aliphatic heterocycles. The highest BCUT2D eigenvalue weighted by Gasteiger charge is 2.12. The van der Waals surface area contributed by atoms with E-state index in [0.29, 0.717) is 12.1 Å². The Morgan fingerprint density at radius 2 is 1.89 bits per heavy atom. The quantitative estimate of drug-likeness (QED) is 0.528. The van der Waals surface area contributed by atoms with Gasteiger partial charge in [-0.2, -0.15) is 0 Å². The first-order chi connectivity index (χ1) is 13.1. The maximum atomic E-state index is 12.7. The van der Waals surface area contributed by atoms with Crippen molar-refractivity contribution in [2.24, 2.45) is 0 Å². The van der Waals surface area contributed by atoms with Crippen LogP contribution < -0.4 is 5.32 Å². The Bertz CT molecular complexity index is 1100. The Hall–Kier alpha value is -3.21. The first-order valence-corrected chi connectivity index (χ1v) is 9.20. The lowest BCUT2D eigenvalue weighted by Gasteiger charge is -2.09. The number of aromatic amines is 1. The van der Waals surface area contributed by atoms with Crippen molar-refractivity contribution < 1.29 is 4.79 Å². The van der Waals surface area contributed by atoms with Crippen molar-refractivity contribution in [3.8, 4) is 0 Å². The largest absolute Gasteiger partial charge is 0.352 e. The van der Waals surface area contributed by atoms with E-state index in [1.54, 1.807) is 0 Å². The number of nitrogens with one attached hydrogen (secondary N) is 2. The number of para-hydroxylation sites is 2. The molecule has 2 aromatic heterocycles. The Morgan fingerprint density at radius 1 is 1.04 bits per heavy atom. The third-order valence-corrected chi connectivity index (χ3v) is 4.65. The van der Waals surface area contributed by atoms with Crippen LogP contribution in [0, 0.1) is 13.8 Å². The summed E-state index contributed by atoms with van der Waals surface area (Å²) in [4.78, 5) is 25.1. The van der Waals surface area contributed by atoms with Gasteiger partial charge in [0.15, 0.2) is 0 Å². The van der Waals surface area contributed by atoms with E-state index in [1.165, 1.54) is 0 Å². The molecule has 0 fully saturated rings. The number of rotatable bonds is 5. The summed E-state index contributed by atoms with van der Waals surface area (Å²) in [5.41, 5.74) is 5.53. The number of hydrogen-bond donors (Lipinski definition) is 2. The number of amides is 1. The molecule has 5 heteroatoms. The molecule has 0 bridgehead atoms. The van der Waals surface area contributed by atoms with Gasteiger partial charge in [0, 0.05) is 24.0 Å². The molecule has 27 heavy (non-hydrogen) atoms. The fourth-order valence-electron chi connectivity index (χ4n) is 3.34. The summed E-state index contributed by atoms with van der Waals surface area (Å²) in [6.07, 6.45) is 1.62. The smallest absolute Gasteiger partial charge is 0.252 e. The number of aryl methyl sites for hydroxylation is 3. The van der Waals surface area contributed by atoms with Crippen LogP contribution in [0.1, 0.15) is 33.9 Å². The topological polar surface area (TPSA) is 70.7 Å². The van der Waals surface area contributed by atoms with Gasteiger partial charge in [0.1, 0.15) is 5.82 Å². The van der Waals surface area contributed by atoms with Crippen molar-refractivity contribution in [1.29, 1.82) is 0 Å². The molecule has 0 aliphatic carbocycles. The van der Waals surface area contributed by atoms with E-state index in [1.807, 2.05) is 62.4 Å². The van der Waals surface area contributed by atoms with Crippen LogP contribution >= 0.6 is 0 Å². The summed E-state index contributed by atoms with van der Waals surface area (Å²) >= 11 is 0. The molecule has 0 unspecified atom stereocenters. The van der Waals surface area contributed by atoms with E-state index >= 15 is 0 Å². The number of benzene rings is 2. The van der Waals surface area contributed by atoms with E-state index in [9.17, 15) is 4.79 Å². The average Bonchev–Trinajstić information content (AvgIpc) is 3.07. The zero-order valence-corrected chi connectivity index (χ0v) is 15.5. The number of carbonyl (C=O) groups excluding carboxylic acids is 1. The van der Waals surface area contributed by atoms with Gasteiger partial charge in [0.2, 0.25) is 0 Å². The molecular formula is C22H22N4O. The molecule has 0 saturated carbocycles. The molecule has 5 nitrogen and oxygen atoms in total. The van der Waals surface area contributed by atoms with Crippen molar-refractivity contribution in [3.05, 3.63) is 71.2 Å². The van der Waals surface area contributed by atoms with Gasteiger partial charge in [-0.15, -0.1) is 0 Å². The zero-order chi connectivity index (χ0) is 18.8. The van der Waals surface area contributed by atoms with Crippen molar-refractivity contribution in [2.75, 3.05) is 6.54 Å². The van der Waals surface area contributed by atoms with Gasteiger partial charge in [-0.05, 0) is 50.6 Å². The van der Waals surface area contributed by atoms with Gasteiger partial charge in [-0.1, -0.05) is 23.8 Å². The fourth-order valence-corrected chi connectivity index (χ4v) is 3.34. The molecule has 2 aromatic carbocycles. The lowest BCUT2D eigenvalue weighted by molar-refractivity contribution is 0.0954. The molecule has 4 aromatic rings. The molecule has 0 radical (unpaired) electrons. The Morgan fingerprint density at radius 3 is 2.74 bits per heavy atom. The van der Waals surface area contributed by atoms with Crippen LogP contribution in [0.4, 0.5) is 0 Å². The number of carbonyl (C=O) groups is 1. The highest BCUT2D eigenvalue weighted by Crippen LogP contribution is 2.20. The molecule has 0 aliphatic rings. The molecule has 0 atom stereocenters. The molecule has 2 heterocycles. The van der Waals surface area contributed by atoms with Crippen molar-refractivity contribution in [1.82, 2.24) is 20.3 Å². The number of imidazole rings is 1. The summed E-state index contributed by atoms with van der Waals surface area (Å²) in [6, 6.07) is 15.9. The van der Waals surface area contributed by atoms with Crippen molar-refractivity contribution in [3.63, 3.8) is 0 Å². The average molecular weight is 358 g/mol. The second-order valence-electron chi connectivity index (χ2n) is 6.89. The molecule has 4 rings (SSSR count). The van der Waals surface area contributed by atoms with Gasteiger partial charge in [-0.3, -0.25) is 9.78 Å². The van der Waals surface area contributed by atoms with Crippen LogP contribution in [0.5, 0.6) is 0 Å². The van der Waals surface area contributed by atoms with Crippen LogP contribution in [0.25, 0.3) is 21.9 Å². The number of fused-ring (bicyclic) bond motifs is 2. The number of nitrogens with zero attached hydrogens (tertiary/aromatic N) is 2. The summed E-state index contributed by atoms with van der Waals surface area (Å²) in [7, 11) is 0. The van der Waals surface area contributed by atoms with Gasteiger partial charge in [0.05, 0.1) is 22.1 Å². The Labute approximate surface area is 157 Å². The minimum absolute atomic E-state index is 0.0549. The molecule has 0 saturated heterocycles. The maximum Gasteiger partial charge on any atom is 0.252 e. The Balaban J connectivity index is 1.42. The van der Waals surface area contributed by atoms with E-state index in [0.717, 1.165) is 51.9 Å². The van der Waals surface area contributed by atoms with E-state index < -0.39 is 0 Å². The summed E-state index contributed by atoms with van der Waals surface area (Å²) in [5.74, 6) is 0.895. The van der Waals surface area contributed by atoms with Crippen LogP contribution in [0.2, 0.25) is 0 Å². The molecule has 136 valence electrons. The van der Waals surface area contributed by atoms with Gasteiger partial charge < -0.3 is 10.3 Å². The third kappa shape index (κ3) is 3.67. The molecule has 0 spiro atoms. The zero-order valence-electron chi connectivity index (χ0n) is 15.5. The first kappa shape index (κ1) is 17.2. The van der Waals surface area contributed by atoms with Crippen molar-refractivity contribution in [2.45, 2.75) is 26.7 Å². The van der Waals surface area contributed by atoms with Crippen LogP contribution in [-0.4, -0.2) is 27.4 Å². The van der Waals surface area contributed by atoms with Gasteiger partial charge >= 0.3 is 0 Å². The summed E-state index contributed by atoms with van der Waals surface area (Å²) in [6.45, 7) is 4.54. The third-order valence-electron chi connectivity index (χ3n) is 4.65. The summed E-state index contributed by atoms with van der Waals surface area (Å²) in [5, 5.41) is 3.93. The number of aromatic nitrogens is 3. The predicted octanol–water partition coefficient (Wildman–Crippen LogP) is 4.09. The number of H-pyrrole nitrogens is 1. The first-order valence-electron chi connectivity index (χ1n) is 9.20. The van der Waals surface area contributed by atoms with E-state index in [2.05, 4.69) is 20.3 Å². The lowest BCUT2D eigenvalue weighted by atomic mass is 10.0. The monoisotopic (exact) mass is 358 g/mol. The maximum absolute atomic E-state index is 12.7. The molecule has 2 N–H and O–H groups in total. The highest BCUT2D eigenvalue weighted by atomic mass is 16.1. The van der Waals surface area contributed by atoms with Crippen LogP contribution in [-0.2, 0) is 6.42 Å². The second kappa shape index (κ2) is 7.19. The number of hydrogen-bond acceptors (Lipinski definition) is 3. The number of pyridine rings is 1. The molecule has 1 amide bonds. The normalized spacial score (nSPS) is 11.2. The minimum atomic E-state index is -0.0549. The van der Waals surface area contributed by atoms with Gasteiger partial charge in [-0.25, -0.2) is 4.98 Å². The lowest BCUT2D eigenvalue weighted by Crippen LogP contribution is -2.25. The summed E-state index contributed by atoms with van der Waals surface area (Å²) < 4.78 is 0. The van der Waals surface area contributed by atoms with Crippen LogP contribution in [0.15, 0.2) is 48.5 Å². The highest BCUT2D eigenvalue weighted by molar-refractivity contribution is 6.06. The Kier molecular flexibility index (Phi) is 4.59. The van der Waals surface area contributed by atoms with E-state index in [4.69, 9.17) is 0 Å². The van der Waals surface area contributed by atoms with Crippen LogP contribution in [0.3, 0.4) is 0 Å². The van der Waals surface area contributed by atoms with Gasteiger partial charge in [0.25, 0.3) is 5.91 Å². The fraction of sp³-hybridized carbons (Fsp3) is 0.227. The minimum Gasteiger partial charge on any atom is -0.352 e. The van der Waals surface area contributed by atoms with E-state index in [-0.39, 0.29) is 5.91 Å². The SMILES string of the molecule is Cc1ccc2nc(C)cc(C(=O)NCCCc3nc4ccccc4[nH]3)c2c1. The second-order valence-corrected chi connectivity index (χ2v) is 6.89. The standard InChI is InChI=1S/C22H22N4O/c1-14-9-10-18-16(12-14)17(13-15(2)24-18)22(27)23-11-5-8-21-25-19-6-3-4-7-20(19)26-21/h3-4,6-7,9-10,12-13H,5,8,11H2,1-2H3,(H,23,27)(H,25,26).